The second kappa shape index (κ2) is 9.19. The van der Waals surface area contributed by atoms with E-state index < -0.39 is 5.97 Å². The van der Waals surface area contributed by atoms with Crippen molar-refractivity contribution in [3.05, 3.63) is 65.7 Å². The molecule has 1 aliphatic heterocycles. The van der Waals surface area contributed by atoms with Gasteiger partial charge in [0.15, 0.2) is 0 Å². The van der Waals surface area contributed by atoms with Crippen LogP contribution in [-0.2, 0) is 16.1 Å². The minimum atomic E-state index is -1.05. The van der Waals surface area contributed by atoms with Crippen molar-refractivity contribution in [3.8, 4) is 5.75 Å². The van der Waals surface area contributed by atoms with Gasteiger partial charge in [-0.2, -0.15) is 0 Å². The van der Waals surface area contributed by atoms with E-state index in [0.29, 0.717) is 17.9 Å². The Morgan fingerprint density at radius 3 is 2.67 bits per heavy atom. The molecule has 1 atom stereocenters. The Morgan fingerprint density at radius 2 is 1.96 bits per heavy atom. The smallest absolute Gasteiger partial charge is 0.323 e. The van der Waals surface area contributed by atoms with Gasteiger partial charge in [0, 0.05) is 18.7 Å². The van der Waals surface area contributed by atoms with Crippen molar-refractivity contribution in [2.45, 2.75) is 25.5 Å². The minimum Gasteiger partial charge on any atom is -0.491 e. The Balaban J connectivity index is 1.70. The number of carboxylic acid groups (broad SMARTS) is 1. The number of ether oxygens (including phenoxy) is 2. The summed E-state index contributed by atoms with van der Waals surface area (Å²) < 4.78 is 11.3. The largest absolute Gasteiger partial charge is 0.491 e. The van der Waals surface area contributed by atoms with Crippen LogP contribution in [0.3, 0.4) is 0 Å². The third kappa shape index (κ3) is 5.56. The average Bonchev–Trinajstić information content (AvgIpc) is 3.20. The maximum absolute atomic E-state index is 12.9. The van der Waals surface area contributed by atoms with Gasteiger partial charge in [-0.05, 0) is 36.6 Å². The number of carbonyl (C=O) groups excluding carboxylic acids is 1. The van der Waals surface area contributed by atoms with Crippen LogP contribution in [0.1, 0.15) is 28.8 Å². The third-order valence-corrected chi connectivity index (χ3v) is 4.37. The zero-order valence-electron chi connectivity index (χ0n) is 15.0. The van der Waals surface area contributed by atoms with Crippen LogP contribution in [0.15, 0.2) is 54.6 Å². The molecule has 1 fully saturated rings. The predicted molar refractivity (Wildman–Crippen MR) is 99.7 cm³/mol. The highest BCUT2D eigenvalue weighted by Gasteiger charge is 2.20. The Bertz CT molecular complexity index is 771. The molecule has 27 heavy (non-hydrogen) atoms. The van der Waals surface area contributed by atoms with Gasteiger partial charge in [0.05, 0.1) is 6.10 Å². The highest BCUT2D eigenvalue weighted by atomic mass is 16.5. The topological polar surface area (TPSA) is 76.1 Å². The van der Waals surface area contributed by atoms with Gasteiger partial charge in [-0.15, -0.1) is 0 Å². The molecule has 0 bridgehead atoms. The monoisotopic (exact) mass is 369 g/mol. The number of amides is 1. The molecule has 1 unspecified atom stereocenters. The van der Waals surface area contributed by atoms with E-state index >= 15 is 0 Å². The highest BCUT2D eigenvalue weighted by molar-refractivity contribution is 5.96. The molecule has 2 aromatic carbocycles. The van der Waals surface area contributed by atoms with Crippen LogP contribution in [0.5, 0.6) is 5.75 Å². The molecule has 6 heteroatoms. The van der Waals surface area contributed by atoms with Gasteiger partial charge in [0.2, 0.25) is 0 Å². The molecule has 1 aliphatic rings. The summed E-state index contributed by atoms with van der Waals surface area (Å²) in [6, 6.07) is 16.2. The summed E-state index contributed by atoms with van der Waals surface area (Å²) in [5, 5.41) is 9.19. The van der Waals surface area contributed by atoms with E-state index in [9.17, 15) is 14.7 Å². The van der Waals surface area contributed by atoms with E-state index in [-0.39, 0.29) is 25.1 Å². The maximum atomic E-state index is 12.9. The lowest BCUT2D eigenvalue weighted by molar-refractivity contribution is -0.137. The summed E-state index contributed by atoms with van der Waals surface area (Å²) >= 11 is 0. The highest BCUT2D eigenvalue weighted by Crippen LogP contribution is 2.19. The zero-order chi connectivity index (χ0) is 19.1. The molecular weight excluding hydrogens is 346 g/mol. The van der Waals surface area contributed by atoms with Crippen molar-refractivity contribution >= 4 is 11.9 Å². The van der Waals surface area contributed by atoms with Gasteiger partial charge < -0.3 is 19.5 Å². The van der Waals surface area contributed by atoms with Gasteiger partial charge in [0.25, 0.3) is 5.91 Å². The number of nitrogens with zero attached hydrogens (tertiary/aromatic N) is 1. The van der Waals surface area contributed by atoms with Crippen molar-refractivity contribution in [2.24, 2.45) is 0 Å². The standard InChI is InChI=1S/C21H23NO5/c23-20(24)14-22(13-16-6-2-1-3-7-16)21(25)17-8-4-9-18(12-17)27-15-19-10-5-11-26-19/h1-4,6-9,12,19H,5,10-11,13-15H2,(H,23,24). The minimum absolute atomic E-state index is 0.0888. The zero-order valence-corrected chi connectivity index (χ0v) is 15.0. The Kier molecular flexibility index (Phi) is 6.44. The lowest BCUT2D eigenvalue weighted by Crippen LogP contribution is -2.35. The number of hydrogen-bond acceptors (Lipinski definition) is 4. The van der Waals surface area contributed by atoms with Gasteiger partial charge in [-0.1, -0.05) is 36.4 Å². The summed E-state index contributed by atoms with van der Waals surface area (Å²) in [6.45, 7) is 1.07. The fourth-order valence-electron chi connectivity index (χ4n) is 3.03. The fraction of sp³-hybridized carbons (Fsp3) is 0.333. The lowest BCUT2D eigenvalue weighted by atomic mass is 10.1. The first-order chi connectivity index (χ1) is 13.1. The second-order valence-electron chi connectivity index (χ2n) is 6.51. The van der Waals surface area contributed by atoms with Gasteiger partial charge in [0.1, 0.15) is 18.9 Å². The molecule has 0 radical (unpaired) electrons. The van der Waals surface area contributed by atoms with E-state index in [0.717, 1.165) is 25.0 Å². The number of aliphatic carboxylic acids is 1. The summed E-state index contributed by atoms with van der Waals surface area (Å²) in [5.74, 6) is -0.819. The van der Waals surface area contributed by atoms with Crippen LogP contribution >= 0.6 is 0 Å². The maximum Gasteiger partial charge on any atom is 0.323 e. The first-order valence-corrected chi connectivity index (χ1v) is 9.01. The van der Waals surface area contributed by atoms with Crippen molar-refractivity contribution in [3.63, 3.8) is 0 Å². The molecule has 2 aromatic rings. The lowest BCUT2D eigenvalue weighted by Gasteiger charge is -2.21. The third-order valence-electron chi connectivity index (χ3n) is 4.37. The normalized spacial score (nSPS) is 16.1. The van der Waals surface area contributed by atoms with Crippen LogP contribution in [0, 0.1) is 0 Å². The van der Waals surface area contributed by atoms with E-state index in [1.54, 1.807) is 24.3 Å². The van der Waals surface area contributed by atoms with Crippen LogP contribution in [-0.4, -0.2) is 47.7 Å². The van der Waals surface area contributed by atoms with Crippen LogP contribution in [0.25, 0.3) is 0 Å². The van der Waals surface area contributed by atoms with Crippen molar-refractivity contribution in [1.29, 1.82) is 0 Å². The molecule has 3 rings (SSSR count). The van der Waals surface area contributed by atoms with Crippen molar-refractivity contribution in [1.82, 2.24) is 4.90 Å². The van der Waals surface area contributed by atoms with Crippen LogP contribution in [0.2, 0.25) is 0 Å². The predicted octanol–water partition coefficient (Wildman–Crippen LogP) is 2.97. The Morgan fingerprint density at radius 1 is 1.15 bits per heavy atom. The number of benzene rings is 2. The van der Waals surface area contributed by atoms with Crippen molar-refractivity contribution < 1.29 is 24.2 Å². The molecule has 1 N–H and O–H groups in total. The Labute approximate surface area is 158 Å². The Hall–Kier alpha value is -2.86. The summed E-state index contributed by atoms with van der Waals surface area (Å²) in [5.41, 5.74) is 1.27. The molecule has 1 saturated heterocycles. The first-order valence-electron chi connectivity index (χ1n) is 9.01. The number of rotatable bonds is 8. The van der Waals surface area contributed by atoms with E-state index in [1.807, 2.05) is 30.3 Å². The molecule has 0 spiro atoms. The molecule has 1 heterocycles. The molecular formula is C21H23NO5. The van der Waals surface area contributed by atoms with Crippen LogP contribution in [0.4, 0.5) is 0 Å². The van der Waals surface area contributed by atoms with Gasteiger partial charge in [-0.25, -0.2) is 0 Å². The summed E-state index contributed by atoms with van der Waals surface area (Å²) in [6.07, 6.45) is 2.10. The molecule has 0 saturated carbocycles. The molecule has 1 amide bonds. The van der Waals surface area contributed by atoms with E-state index in [2.05, 4.69) is 0 Å². The fourth-order valence-corrected chi connectivity index (χ4v) is 3.03. The van der Waals surface area contributed by atoms with Gasteiger partial charge in [-0.3, -0.25) is 9.59 Å². The van der Waals surface area contributed by atoms with Gasteiger partial charge >= 0.3 is 5.97 Å². The molecule has 6 nitrogen and oxygen atoms in total. The summed E-state index contributed by atoms with van der Waals surface area (Å²) in [7, 11) is 0. The first kappa shape index (κ1) is 18.9. The number of carbonyl (C=O) groups is 2. The molecule has 0 aliphatic carbocycles. The second-order valence-corrected chi connectivity index (χ2v) is 6.51. The number of carboxylic acids is 1. The SMILES string of the molecule is O=C(O)CN(Cc1ccccc1)C(=O)c1cccc(OCC2CCCO2)c1. The summed E-state index contributed by atoms with van der Waals surface area (Å²) in [4.78, 5) is 25.4. The average molecular weight is 369 g/mol. The number of hydrogen-bond donors (Lipinski definition) is 1. The molecule has 142 valence electrons. The van der Waals surface area contributed by atoms with E-state index in [1.165, 1.54) is 4.90 Å². The van der Waals surface area contributed by atoms with E-state index in [4.69, 9.17) is 9.47 Å². The van der Waals surface area contributed by atoms with Crippen LogP contribution < -0.4 is 4.74 Å². The quantitative estimate of drug-likeness (QED) is 0.774. The van der Waals surface area contributed by atoms with Crippen molar-refractivity contribution in [2.75, 3.05) is 19.8 Å². The molecule has 0 aromatic heterocycles.